The van der Waals surface area contributed by atoms with Gasteiger partial charge in [-0.3, -0.25) is 9.69 Å². The van der Waals surface area contributed by atoms with Gasteiger partial charge in [-0.2, -0.15) is 0 Å². The van der Waals surface area contributed by atoms with Gasteiger partial charge in [-0.15, -0.1) is 24.8 Å². The number of nitrogens with zero attached hydrogens (tertiary/aromatic N) is 2. The molecule has 146 valence electrons. The molecule has 0 saturated carbocycles. The summed E-state index contributed by atoms with van der Waals surface area (Å²) in [6.07, 6.45) is 7.36. The van der Waals surface area contributed by atoms with Crippen molar-refractivity contribution in [2.45, 2.75) is 25.3 Å². The van der Waals surface area contributed by atoms with Crippen LogP contribution in [0.5, 0.6) is 0 Å². The van der Waals surface area contributed by atoms with Crippen LogP contribution in [0, 0.1) is 5.92 Å². The molecule has 1 amide bonds. The van der Waals surface area contributed by atoms with E-state index in [0.29, 0.717) is 17.9 Å². The van der Waals surface area contributed by atoms with E-state index in [1.807, 2.05) is 13.1 Å². The van der Waals surface area contributed by atoms with Crippen molar-refractivity contribution in [3.8, 4) is 0 Å². The second-order valence-corrected chi connectivity index (χ2v) is 6.92. The highest BCUT2D eigenvalue weighted by Gasteiger charge is 2.38. The number of halogens is 2. The maximum atomic E-state index is 12.2. The van der Waals surface area contributed by atoms with Crippen LogP contribution in [0.3, 0.4) is 0 Å². The van der Waals surface area contributed by atoms with E-state index in [4.69, 9.17) is 0 Å². The first-order chi connectivity index (χ1) is 11.8. The molecule has 0 unspecified atom stereocenters. The van der Waals surface area contributed by atoms with Crippen molar-refractivity contribution in [3.05, 3.63) is 42.0 Å². The summed E-state index contributed by atoms with van der Waals surface area (Å²) in [5.74, 6) is 0.988. The van der Waals surface area contributed by atoms with Gasteiger partial charge in [0.05, 0.1) is 0 Å². The van der Waals surface area contributed by atoms with Crippen molar-refractivity contribution in [2.75, 3.05) is 39.8 Å². The lowest BCUT2D eigenvalue weighted by atomic mass is 9.83. The van der Waals surface area contributed by atoms with Crippen LogP contribution in [-0.4, -0.2) is 61.5 Å². The molecule has 0 aromatic heterocycles. The molecule has 1 N–H and O–H groups in total. The fraction of sp³-hybridized carbons (Fsp3) is 0.550. The number of likely N-dealkylation sites (N-methyl/N-ethyl adjacent to an activating group) is 1. The Morgan fingerprint density at radius 2 is 1.96 bits per heavy atom. The number of benzene rings is 1. The van der Waals surface area contributed by atoms with Crippen LogP contribution >= 0.6 is 24.8 Å². The third-order valence-electron chi connectivity index (χ3n) is 5.30. The van der Waals surface area contributed by atoms with Crippen LogP contribution in [0.4, 0.5) is 0 Å². The number of hydrogen-bond acceptors (Lipinski definition) is 3. The van der Waals surface area contributed by atoms with Crippen molar-refractivity contribution in [3.63, 3.8) is 0 Å². The third-order valence-corrected chi connectivity index (χ3v) is 5.30. The van der Waals surface area contributed by atoms with E-state index in [9.17, 15) is 4.79 Å². The quantitative estimate of drug-likeness (QED) is 0.797. The molecular weight excluding hydrogens is 369 g/mol. The molecule has 2 atom stereocenters. The lowest BCUT2D eigenvalue weighted by Gasteiger charge is -2.47. The van der Waals surface area contributed by atoms with Crippen LogP contribution < -0.4 is 5.32 Å². The molecule has 0 bridgehead atoms. The zero-order valence-corrected chi connectivity index (χ0v) is 17.1. The van der Waals surface area contributed by atoms with Crippen molar-refractivity contribution in [2.24, 2.45) is 5.92 Å². The van der Waals surface area contributed by atoms with Crippen LogP contribution in [0.2, 0.25) is 0 Å². The Labute approximate surface area is 169 Å². The summed E-state index contributed by atoms with van der Waals surface area (Å²) in [6.45, 7) is 4.95. The predicted octanol–water partition coefficient (Wildman–Crippen LogP) is 3.08. The maximum Gasteiger partial charge on any atom is 0.222 e. The maximum absolute atomic E-state index is 12.2. The molecule has 2 heterocycles. The van der Waals surface area contributed by atoms with Crippen LogP contribution in [0.1, 0.15) is 24.8 Å². The molecule has 6 heteroatoms. The molecule has 2 aliphatic heterocycles. The Morgan fingerprint density at radius 3 is 2.69 bits per heavy atom. The fourth-order valence-corrected chi connectivity index (χ4v) is 4.02. The molecule has 2 aliphatic rings. The Bertz CT molecular complexity index is 567. The van der Waals surface area contributed by atoms with Gasteiger partial charge in [0.1, 0.15) is 0 Å². The second kappa shape index (κ2) is 11.6. The van der Waals surface area contributed by atoms with Gasteiger partial charge < -0.3 is 10.2 Å². The van der Waals surface area contributed by atoms with Crippen molar-refractivity contribution < 1.29 is 4.79 Å². The summed E-state index contributed by atoms with van der Waals surface area (Å²) < 4.78 is 0. The average molecular weight is 400 g/mol. The molecule has 4 nitrogen and oxygen atoms in total. The van der Waals surface area contributed by atoms with E-state index < -0.39 is 0 Å². The number of rotatable bonds is 6. The Balaban J connectivity index is 0.00000169. The molecule has 2 fully saturated rings. The van der Waals surface area contributed by atoms with Gasteiger partial charge in [0, 0.05) is 45.2 Å². The number of likely N-dealkylation sites (tertiary alicyclic amines) is 2. The lowest BCUT2D eigenvalue weighted by Crippen LogP contribution is -2.57. The number of hydrogen-bond donors (Lipinski definition) is 1. The molecule has 0 aliphatic carbocycles. The minimum atomic E-state index is 0. The summed E-state index contributed by atoms with van der Waals surface area (Å²) in [5.41, 5.74) is 1.26. The zero-order chi connectivity index (χ0) is 16.8. The molecule has 1 aromatic rings. The first-order valence-electron chi connectivity index (χ1n) is 9.16. The molecular formula is C20H31Cl2N3O. The first kappa shape index (κ1) is 23.0. The van der Waals surface area contributed by atoms with E-state index >= 15 is 0 Å². The summed E-state index contributed by atoms with van der Waals surface area (Å²) in [7, 11) is 1.95. The van der Waals surface area contributed by atoms with Gasteiger partial charge >= 0.3 is 0 Å². The molecule has 1 aromatic carbocycles. The van der Waals surface area contributed by atoms with Gasteiger partial charge in [0.15, 0.2) is 0 Å². The van der Waals surface area contributed by atoms with Crippen LogP contribution in [0.25, 0.3) is 6.08 Å². The van der Waals surface area contributed by atoms with Crippen molar-refractivity contribution in [1.29, 1.82) is 0 Å². The summed E-state index contributed by atoms with van der Waals surface area (Å²) in [6, 6.07) is 10.9. The van der Waals surface area contributed by atoms with Gasteiger partial charge in [-0.1, -0.05) is 42.5 Å². The van der Waals surface area contributed by atoms with Gasteiger partial charge in [0.2, 0.25) is 5.91 Å². The monoisotopic (exact) mass is 399 g/mol. The third kappa shape index (κ3) is 5.98. The smallest absolute Gasteiger partial charge is 0.222 e. The van der Waals surface area contributed by atoms with E-state index in [2.05, 4.69) is 51.5 Å². The highest BCUT2D eigenvalue weighted by atomic mass is 35.5. The van der Waals surface area contributed by atoms with Crippen LogP contribution in [-0.2, 0) is 4.79 Å². The van der Waals surface area contributed by atoms with E-state index in [1.165, 1.54) is 5.56 Å². The number of amides is 1. The van der Waals surface area contributed by atoms with Gasteiger partial charge in [-0.25, -0.2) is 0 Å². The SMILES string of the molecule is CNCCN1C(=O)CC[C@H]2CN(CC=Cc3ccccc3)CC[C@H]21.Cl.Cl. The fourth-order valence-electron chi connectivity index (χ4n) is 4.02. The Hall–Kier alpha value is -1.07. The van der Waals surface area contributed by atoms with Crippen molar-refractivity contribution in [1.82, 2.24) is 15.1 Å². The molecule has 0 radical (unpaired) electrons. The molecule has 26 heavy (non-hydrogen) atoms. The molecule has 0 spiro atoms. The summed E-state index contributed by atoms with van der Waals surface area (Å²) >= 11 is 0. The zero-order valence-electron chi connectivity index (χ0n) is 15.5. The highest BCUT2D eigenvalue weighted by molar-refractivity contribution is 5.85. The Morgan fingerprint density at radius 1 is 1.19 bits per heavy atom. The largest absolute Gasteiger partial charge is 0.338 e. The number of piperidine rings is 2. The van der Waals surface area contributed by atoms with E-state index in [-0.39, 0.29) is 24.8 Å². The topological polar surface area (TPSA) is 35.6 Å². The van der Waals surface area contributed by atoms with E-state index in [1.54, 1.807) is 0 Å². The normalized spacial score (nSPS) is 23.3. The number of carbonyl (C=O) groups is 1. The van der Waals surface area contributed by atoms with Crippen molar-refractivity contribution >= 4 is 36.8 Å². The first-order valence-corrected chi connectivity index (χ1v) is 9.16. The number of fused-ring (bicyclic) bond motifs is 1. The summed E-state index contributed by atoms with van der Waals surface area (Å²) in [4.78, 5) is 16.9. The van der Waals surface area contributed by atoms with E-state index in [0.717, 1.165) is 52.0 Å². The summed E-state index contributed by atoms with van der Waals surface area (Å²) in [5, 5.41) is 3.17. The minimum absolute atomic E-state index is 0. The number of nitrogens with one attached hydrogen (secondary N) is 1. The lowest BCUT2D eigenvalue weighted by molar-refractivity contribution is -0.140. The van der Waals surface area contributed by atoms with Gasteiger partial charge in [0.25, 0.3) is 0 Å². The molecule has 2 saturated heterocycles. The Kier molecular flexibility index (Phi) is 10.3. The standard InChI is InChI=1S/C20H29N3O.2ClH/c1-21-12-15-23-19-11-14-22(16-18(19)9-10-20(23)24)13-5-8-17-6-3-2-4-7-17;;/h2-8,18-19,21H,9-16H2,1H3;2*1H/t18-,19+;;/m0../s1. The number of carbonyl (C=O) groups excluding carboxylic acids is 1. The predicted molar refractivity (Wildman–Crippen MR) is 113 cm³/mol. The second-order valence-electron chi connectivity index (χ2n) is 6.92. The van der Waals surface area contributed by atoms with Crippen LogP contribution in [0.15, 0.2) is 36.4 Å². The van der Waals surface area contributed by atoms with Gasteiger partial charge in [-0.05, 0) is 31.4 Å². The molecule has 3 rings (SSSR count). The minimum Gasteiger partial charge on any atom is -0.338 e. The average Bonchev–Trinajstić information content (AvgIpc) is 2.62. The highest BCUT2D eigenvalue weighted by Crippen LogP contribution is 2.31.